The second-order valence-electron chi connectivity index (χ2n) is 3.41. The van der Waals surface area contributed by atoms with Crippen LogP contribution in [0.5, 0.6) is 0 Å². The number of hydrogen-bond donors (Lipinski definition) is 0. The van der Waals surface area contributed by atoms with E-state index in [2.05, 4.69) is 9.55 Å². The summed E-state index contributed by atoms with van der Waals surface area (Å²) >= 11 is 0. The average Bonchev–Trinajstić information content (AvgIpc) is 2.40. The van der Waals surface area contributed by atoms with Crippen LogP contribution in [0.15, 0.2) is 6.20 Å². The zero-order chi connectivity index (χ0) is 9.42. The van der Waals surface area contributed by atoms with Crippen LogP contribution < -0.4 is 4.90 Å². The maximum atomic E-state index is 11.5. The number of imidazole rings is 1. The number of carbonyl (C=O) groups excluding carboxylic acids is 1. The summed E-state index contributed by atoms with van der Waals surface area (Å²) < 4.78 is 2.09. The molecule has 0 bridgehead atoms. The quantitative estimate of drug-likeness (QED) is 0.594. The van der Waals surface area contributed by atoms with Gasteiger partial charge in [0, 0.05) is 25.7 Å². The molecule has 1 aromatic rings. The van der Waals surface area contributed by atoms with E-state index in [1.54, 1.807) is 11.9 Å². The van der Waals surface area contributed by atoms with Crippen molar-refractivity contribution in [2.24, 2.45) is 0 Å². The Kier molecular flexibility index (Phi) is 1.83. The van der Waals surface area contributed by atoms with E-state index in [9.17, 15) is 4.79 Å². The smallest absolute Gasteiger partial charge is 0.229 e. The van der Waals surface area contributed by atoms with Gasteiger partial charge < -0.3 is 4.57 Å². The van der Waals surface area contributed by atoms with Crippen LogP contribution in [0.2, 0.25) is 0 Å². The molecule has 2 rings (SSSR count). The predicted molar refractivity (Wildman–Crippen MR) is 49.6 cm³/mol. The predicted octanol–water partition coefficient (Wildman–Crippen LogP) is 0.948. The molecule has 4 nitrogen and oxygen atoms in total. The third-order valence-corrected chi connectivity index (χ3v) is 2.48. The Morgan fingerprint density at radius 3 is 3.08 bits per heavy atom. The molecule has 0 aromatic carbocycles. The number of carbonyl (C=O) groups is 1. The summed E-state index contributed by atoms with van der Waals surface area (Å²) in [6, 6.07) is 0. The van der Waals surface area contributed by atoms with Crippen molar-refractivity contribution in [2.45, 2.75) is 26.3 Å². The molecule has 0 N–H and O–H groups in total. The van der Waals surface area contributed by atoms with E-state index >= 15 is 0 Å². The van der Waals surface area contributed by atoms with Crippen molar-refractivity contribution in [1.29, 1.82) is 0 Å². The van der Waals surface area contributed by atoms with Gasteiger partial charge in [0.25, 0.3) is 0 Å². The molecule has 0 saturated heterocycles. The summed E-state index contributed by atoms with van der Waals surface area (Å²) in [5.74, 6) is 0.935. The summed E-state index contributed by atoms with van der Waals surface area (Å²) in [4.78, 5) is 17.3. The fraction of sp³-hybridized carbons (Fsp3) is 0.556. The molecule has 0 radical (unpaired) electrons. The minimum atomic E-state index is 0.157. The maximum absolute atomic E-state index is 11.5. The van der Waals surface area contributed by atoms with Gasteiger partial charge in [0.05, 0.1) is 6.20 Å². The first-order valence-corrected chi connectivity index (χ1v) is 4.49. The first kappa shape index (κ1) is 8.29. The molecule has 1 aromatic heterocycles. The van der Waals surface area contributed by atoms with Crippen LogP contribution >= 0.6 is 0 Å². The van der Waals surface area contributed by atoms with E-state index in [-0.39, 0.29) is 5.91 Å². The fourth-order valence-electron chi connectivity index (χ4n) is 1.66. The largest absolute Gasteiger partial charge is 0.314 e. The molecule has 0 unspecified atom stereocenters. The van der Waals surface area contributed by atoms with Gasteiger partial charge in [-0.05, 0) is 13.3 Å². The molecule has 1 aliphatic rings. The van der Waals surface area contributed by atoms with Crippen LogP contribution in [0.25, 0.3) is 0 Å². The van der Waals surface area contributed by atoms with Crippen molar-refractivity contribution in [2.75, 3.05) is 11.9 Å². The van der Waals surface area contributed by atoms with Gasteiger partial charge in [0.2, 0.25) is 11.9 Å². The van der Waals surface area contributed by atoms with E-state index in [0.717, 1.165) is 24.6 Å². The molecule has 1 amide bonds. The summed E-state index contributed by atoms with van der Waals surface area (Å²) in [5.41, 5.74) is 1.12. The summed E-state index contributed by atoms with van der Waals surface area (Å²) in [5, 5.41) is 0. The Morgan fingerprint density at radius 1 is 1.54 bits per heavy atom. The van der Waals surface area contributed by atoms with Crippen molar-refractivity contribution in [1.82, 2.24) is 9.55 Å². The molecule has 4 heteroatoms. The molecule has 0 atom stereocenters. The van der Waals surface area contributed by atoms with Gasteiger partial charge >= 0.3 is 0 Å². The Morgan fingerprint density at radius 2 is 2.31 bits per heavy atom. The first-order valence-electron chi connectivity index (χ1n) is 4.49. The number of anilines is 1. The van der Waals surface area contributed by atoms with E-state index < -0.39 is 0 Å². The molecule has 13 heavy (non-hydrogen) atoms. The lowest BCUT2D eigenvalue weighted by Gasteiger charge is -2.13. The number of amides is 1. The van der Waals surface area contributed by atoms with Gasteiger partial charge in [-0.1, -0.05) is 0 Å². The Balaban J connectivity index is 2.47. The van der Waals surface area contributed by atoms with E-state index in [1.165, 1.54) is 0 Å². The maximum Gasteiger partial charge on any atom is 0.229 e. The number of rotatable bonds is 0. The summed E-state index contributed by atoms with van der Waals surface area (Å²) in [7, 11) is 1.78. The van der Waals surface area contributed by atoms with E-state index in [0.29, 0.717) is 6.42 Å². The highest BCUT2D eigenvalue weighted by atomic mass is 16.2. The van der Waals surface area contributed by atoms with Gasteiger partial charge in [-0.15, -0.1) is 0 Å². The standard InChI is InChI=1S/C9H13N3O/c1-7-6-10-9-11(2)8(13)4-3-5-12(7)9/h6H,3-5H2,1-2H3. The molecule has 2 heterocycles. The molecule has 0 aliphatic carbocycles. The monoisotopic (exact) mass is 179 g/mol. The van der Waals surface area contributed by atoms with E-state index in [1.807, 2.05) is 13.1 Å². The van der Waals surface area contributed by atoms with Gasteiger partial charge in [0.15, 0.2) is 0 Å². The van der Waals surface area contributed by atoms with Crippen molar-refractivity contribution in [3.63, 3.8) is 0 Å². The third kappa shape index (κ3) is 1.22. The van der Waals surface area contributed by atoms with Crippen molar-refractivity contribution in [3.05, 3.63) is 11.9 Å². The molecular formula is C9H13N3O. The SMILES string of the molecule is Cc1cnc2n1CCCC(=O)N2C. The summed E-state index contributed by atoms with van der Waals surface area (Å²) in [6.07, 6.45) is 3.34. The van der Waals surface area contributed by atoms with Crippen molar-refractivity contribution < 1.29 is 4.79 Å². The van der Waals surface area contributed by atoms with Crippen LogP contribution in [0.1, 0.15) is 18.5 Å². The van der Waals surface area contributed by atoms with Crippen LogP contribution in [0.4, 0.5) is 5.95 Å². The Hall–Kier alpha value is -1.32. The Bertz CT molecular complexity index is 343. The number of hydrogen-bond acceptors (Lipinski definition) is 2. The zero-order valence-corrected chi connectivity index (χ0v) is 7.95. The molecule has 0 fully saturated rings. The van der Waals surface area contributed by atoms with Crippen LogP contribution in [0, 0.1) is 6.92 Å². The van der Waals surface area contributed by atoms with Crippen LogP contribution in [-0.2, 0) is 11.3 Å². The van der Waals surface area contributed by atoms with Gasteiger partial charge in [-0.3, -0.25) is 9.69 Å². The fourth-order valence-corrected chi connectivity index (χ4v) is 1.66. The highest BCUT2D eigenvalue weighted by Gasteiger charge is 2.20. The third-order valence-electron chi connectivity index (χ3n) is 2.48. The first-order chi connectivity index (χ1) is 6.20. The van der Waals surface area contributed by atoms with Gasteiger partial charge in [-0.2, -0.15) is 0 Å². The van der Waals surface area contributed by atoms with Gasteiger partial charge in [0.1, 0.15) is 0 Å². The highest BCUT2D eigenvalue weighted by molar-refractivity contribution is 5.91. The second kappa shape index (κ2) is 2.87. The molecule has 70 valence electrons. The Labute approximate surface area is 77.2 Å². The lowest BCUT2D eigenvalue weighted by molar-refractivity contribution is -0.118. The lowest BCUT2D eigenvalue weighted by Crippen LogP contribution is -2.26. The number of aromatic nitrogens is 2. The number of aryl methyl sites for hydroxylation is 1. The molecule has 1 aliphatic heterocycles. The second-order valence-corrected chi connectivity index (χ2v) is 3.41. The van der Waals surface area contributed by atoms with Crippen LogP contribution in [-0.4, -0.2) is 22.5 Å². The van der Waals surface area contributed by atoms with Crippen molar-refractivity contribution in [3.8, 4) is 0 Å². The number of nitrogens with zero attached hydrogens (tertiary/aromatic N) is 3. The average molecular weight is 179 g/mol. The zero-order valence-electron chi connectivity index (χ0n) is 7.95. The van der Waals surface area contributed by atoms with E-state index in [4.69, 9.17) is 0 Å². The highest BCUT2D eigenvalue weighted by Crippen LogP contribution is 2.19. The number of fused-ring (bicyclic) bond motifs is 1. The molecule has 0 saturated carbocycles. The minimum Gasteiger partial charge on any atom is -0.314 e. The minimum absolute atomic E-state index is 0.157. The van der Waals surface area contributed by atoms with Crippen LogP contribution in [0.3, 0.4) is 0 Å². The molecular weight excluding hydrogens is 166 g/mol. The molecule has 0 spiro atoms. The topological polar surface area (TPSA) is 38.1 Å². The lowest BCUT2D eigenvalue weighted by atomic mass is 10.3. The summed E-state index contributed by atoms with van der Waals surface area (Å²) in [6.45, 7) is 2.91. The van der Waals surface area contributed by atoms with Gasteiger partial charge in [-0.25, -0.2) is 4.98 Å². The van der Waals surface area contributed by atoms with Crippen molar-refractivity contribution >= 4 is 11.9 Å². The normalized spacial score (nSPS) is 17.1.